The van der Waals surface area contributed by atoms with Gasteiger partial charge >= 0.3 is 0 Å². The Morgan fingerprint density at radius 1 is 1.56 bits per heavy atom. The standard InChI is InChI=1S/C15H24N2O/c1-11(2)9-16-10-15(3,18)13-7-6-12-5-4-8-17-14(12)13/h4-5,8,11,13,16,18H,6-7,9-10H2,1-3H3. The minimum absolute atomic E-state index is 0.161. The van der Waals surface area contributed by atoms with Crippen molar-refractivity contribution >= 4 is 0 Å². The molecule has 2 N–H and O–H groups in total. The average molecular weight is 248 g/mol. The summed E-state index contributed by atoms with van der Waals surface area (Å²) in [5.74, 6) is 0.767. The van der Waals surface area contributed by atoms with E-state index in [1.54, 1.807) is 0 Å². The van der Waals surface area contributed by atoms with Crippen molar-refractivity contribution in [3.63, 3.8) is 0 Å². The molecular formula is C15H24N2O. The third-order valence-corrected chi connectivity index (χ3v) is 3.74. The highest BCUT2D eigenvalue weighted by Gasteiger charge is 2.38. The first-order valence-electron chi connectivity index (χ1n) is 6.87. The molecule has 0 aliphatic heterocycles. The molecule has 2 atom stereocenters. The monoisotopic (exact) mass is 248 g/mol. The molecule has 0 bridgehead atoms. The van der Waals surface area contributed by atoms with Gasteiger partial charge in [-0.05, 0) is 43.9 Å². The quantitative estimate of drug-likeness (QED) is 0.839. The summed E-state index contributed by atoms with van der Waals surface area (Å²) in [6, 6.07) is 4.10. The van der Waals surface area contributed by atoms with Crippen LogP contribution in [-0.2, 0) is 6.42 Å². The molecule has 0 spiro atoms. The van der Waals surface area contributed by atoms with E-state index < -0.39 is 5.60 Å². The molecule has 3 nitrogen and oxygen atoms in total. The Bertz CT molecular complexity index is 401. The fourth-order valence-corrected chi connectivity index (χ4v) is 2.76. The molecule has 1 heterocycles. The molecule has 1 aliphatic carbocycles. The molecule has 3 heteroatoms. The topological polar surface area (TPSA) is 45.1 Å². The van der Waals surface area contributed by atoms with E-state index in [0.717, 1.165) is 25.1 Å². The van der Waals surface area contributed by atoms with Crippen LogP contribution in [0.2, 0.25) is 0 Å². The van der Waals surface area contributed by atoms with Gasteiger partial charge in [-0.1, -0.05) is 19.9 Å². The van der Waals surface area contributed by atoms with Crippen LogP contribution in [0.4, 0.5) is 0 Å². The molecule has 0 fully saturated rings. The van der Waals surface area contributed by atoms with Crippen molar-refractivity contribution < 1.29 is 5.11 Å². The van der Waals surface area contributed by atoms with Gasteiger partial charge < -0.3 is 10.4 Å². The molecule has 1 aromatic rings. The Hall–Kier alpha value is -0.930. The molecule has 1 aromatic heterocycles. The summed E-state index contributed by atoms with van der Waals surface area (Å²) in [6.07, 6.45) is 3.87. The second-order valence-electron chi connectivity index (χ2n) is 6.02. The predicted molar refractivity (Wildman–Crippen MR) is 73.6 cm³/mol. The maximum absolute atomic E-state index is 10.7. The Balaban J connectivity index is 2.03. The summed E-state index contributed by atoms with van der Waals surface area (Å²) in [4.78, 5) is 4.46. The SMILES string of the molecule is CC(C)CNCC(C)(O)C1CCc2cccnc21. The first-order chi connectivity index (χ1) is 8.50. The van der Waals surface area contributed by atoms with Gasteiger partial charge in [-0.15, -0.1) is 0 Å². The molecule has 0 amide bonds. The lowest BCUT2D eigenvalue weighted by molar-refractivity contribution is 0.0294. The van der Waals surface area contributed by atoms with Crippen LogP contribution in [0.25, 0.3) is 0 Å². The molecular weight excluding hydrogens is 224 g/mol. The number of fused-ring (bicyclic) bond motifs is 1. The minimum Gasteiger partial charge on any atom is -0.388 e. The summed E-state index contributed by atoms with van der Waals surface area (Å²) in [5, 5.41) is 14.0. The number of aliphatic hydroxyl groups is 1. The molecule has 0 saturated heterocycles. The number of rotatable bonds is 5. The van der Waals surface area contributed by atoms with Crippen molar-refractivity contribution in [2.24, 2.45) is 5.92 Å². The van der Waals surface area contributed by atoms with Crippen LogP contribution < -0.4 is 5.32 Å². The van der Waals surface area contributed by atoms with Crippen molar-refractivity contribution in [1.82, 2.24) is 10.3 Å². The summed E-state index contributed by atoms with van der Waals surface area (Å²) in [6.45, 7) is 7.85. The Morgan fingerprint density at radius 3 is 3.06 bits per heavy atom. The maximum atomic E-state index is 10.7. The molecule has 1 aliphatic rings. The molecule has 18 heavy (non-hydrogen) atoms. The zero-order valence-electron chi connectivity index (χ0n) is 11.6. The Labute approximate surface area is 110 Å². The van der Waals surface area contributed by atoms with Crippen molar-refractivity contribution in [2.45, 2.75) is 45.1 Å². The zero-order chi connectivity index (χ0) is 13.2. The highest BCUT2D eigenvalue weighted by atomic mass is 16.3. The number of pyridine rings is 1. The van der Waals surface area contributed by atoms with E-state index in [1.165, 1.54) is 5.56 Å². The van der Waals surface area contributed by atoms with Gasteiger partial charge in [0.15, 0.2) is 0 Å². The highest BCUT2D eigenvalue weighted by Crippen LogP contribution is 2.38. The summed E-state index contributed by atoms with van der Waals surface area (Å²) < 4.78 is 0. The van der Waals surface area contributed by atoms with Crippen molar-refractivity contribution in [2.75, 3.05) is 13.1 Å². The Kier molecular flexibility index (Phi) is 4.03. The van der Waals surface area contributed by atoms with Crippen molar-refractivity contribution in [3.05, 3.63) is 29.6 Å². The van der Waals surface area contributed by atoms with Crippen LogP contribution in [0.3, 0.4) is 0 Å². The molecule has 100 valence electrons. The van der Waals surface area contributed by atoms with E-state index in [1.807, 2.05) is 19.2 Å². The zero-order valence-corrected chi connectivity index (χ0v) is 11.6. The van der Waals surface area contributed by atoms with Crippen LogP contribution in [0.1, 0.15) is 44.4 Å². The normalized spacial score (nSPS) is 21.9. The third-order valence-electron chi connectivity index (χ3n) is 3.74. The second kappa shape index (κ2) is 5.37. The fraction of sp³-hybridized carbons (Fsp3) is 0.667. The van der Waals surface area contributed by atoms with Gasteiger partial charge in [0.1, 0.15) is 0 Å². The first kappa shape index (κ1) is 13.5. The minimum atomic E-state index is -0.714. The van der Waals surface area contributed by atoms with E-state index >= 15 is 0 Å². The van der Waals surface area contributed by atoms with E-state index in [2.05, 4.69) is 30.2 Å². The van der Waals surface area contributed by atoms with Gasteiger partial charge in [0.25, 0.3) is 0 Å². The van der Waals surface area contributed by atoms with Crippen LogP contribution in [-0.4, -0.2) is 28.8 Å². The van der Waals surface area contributed by atoms with Crippen LogP contribution in [0.15, 0.2) is 18.3 Å². The van der Waals surface area contributed by atoms with E-state index in [-0.39, 0.29) is 5.92 Å². The van der Waals surface area contributed by atoms with Crippen molar-refractivity contribution in [3.8, 4) is 0 Å². The van der Waals surface area contributed by atoms with Crippen molar-refractivity contribution in [1.29, 1.82) is 0 Å². The lowest BCUT2D eigenvalue weighted by atomic mass is 9.86. The average Bonchev–Trinajstić information content (AvgIpc) is 2.72. The number of nitrogens with one attached hydrogen (secondary N) is 1. The third kappa shape index (κ3) is 2.90. The number of aryl methyl sites for hydroxylation is 1. The van der Waals surface area contributed by atoms with Gasteiger partial charge in [0.05, 0.1) is 5.60 Å². The molecule has 2 rings (SSSR count). The van der Waals surface area contributed by atoms with Gasteiger partial charge in [0.2, 0.25) is 0 Å². The predicted octanol–water partition coefficient (Wildman–Crippen LogP) is 2.11. The Morgan fingerprint density at radius 2 is 2.33 bits per heavy atom. The molecule has 0 saturated carbocycles. The number of nitrogens with zero attached hydrogens (tertiary/aromatic N) is 1. The van der Waals surface area contributed by atoms with E-state index in [0.29, 0.717) is 12.5 Å². The van der Waals surface area contributed by atoms with Gasteiger partial charge in [-0.3, -0.25) is 4.98 Å². The number of aromatic nitrogens is 1. The fourth-order valence-electron chi connectivity index (χ4n) is 2.76. The largest absolute Gasteiger partial charge is 0.388 e. The maximum Gasteiger partial charge on any atom is 0.0826 e. The second-order valence-corrected chi connectivity index (χ2v) is 6.02. The molecule has 0 radical (unpaired) electrons. The van der Waals surface area contributed by atoms with Gasteiger partial charge in [0, 0.05) is 24.4 Å². The van der Waals surface area contributed by atoms with Crippen LogP contribution >= 0.6 is 0 Å². The number of hydrogen-bond donors (Lipinski definition) is 2. The first-order valence-corrected chi connectivity index (χ1v) is 6.87. The number of hydrogen-bond acceptors (Lipinski definition) is 3. The lowest BCUT2D eigenvalue weighted by Crippen LogP contribution is -2.43. The lowest BCUT2D eigenvalue weighted by Gasteiger charge is -2.30. The molecule has 0 aromatic carbocycles. The van der Waals surface area contributed by atoms with E-state index in [9.17, 15) is 5.11 Å². The van der Waals surface area contributed by atoms with Crippen LogP contribution in [0.5, 0.6) is 0 Å². The summed E-state index contributed by atoms with van der Waals surface area (Å²) in [5.41, 5.74) is 1.68. The summed E-state index contributed by atoms with van der Waals surface area (Å²) >= 11 is 0. The van der Waals surface area contributed by atoms with Gasteiger partial charge in [-0.25, -0.2) is 0 Å². The molecule has 2 unspecified atom stereocenters. The van der Waals surface area contributed by atoms with E-state index in [4.69, 9.17) is 0 Å². The van der Waals surface area contributed by atoms with Crippen LogP contribution in [0, 0.1) is 5.92 Å². The smallest absolute Gasteiger partial charge is 0.0826 e. The van der Waals surface area contributed by atoms with Gasteiger partial charge in [-0.2, -0.15) is 0 Å². The highest BCUT2D eigenvalue weighted by molar-refractivity contribution is 5.31. The summed E-state index contributed by atoms with van der Waals surface area (Å²) in [7, 11) is 0.